The minimum Gasteiger partial charge on any atom is -0.343 e. The van der Waals surface area contributed by atoms with Gasteiger partial charge in [0.1, 0.15) is 12.6 Å². The molecule has 0 aromatic heterocycles. The lowest BCUT2D eigenvalue weighted by Crippen LogP contribution is -2.57. The van der Waals surface area contributed by atoms with Gasteiger partial charge in [-0.05, 0) is 35.0 Å². The van der Waals surface area contributed by atoms with Gasteiger partial charge in [-0.25, -0.2) is 0 Å². The van der Waals surface area contributed by atoms with Gasteiger partial charge in [0.25, 0.3) is 0 Å². The van der Waals surface area contributed by atoms with Gasteiger partial charge in [-0.3, -0.25) is 9.59 Å². The molecule has 2 amide bonds. The molecule has 6 heteroatoms. The summed E-state index contributed by atoms with van der Waals surface area (Å²) in [4.78, 5) is 24.9. The summed E-state index contributed by atoms with van der Waals surface area (Å²) in [7, 11) is 0. The van der Waals surface area contributed by atoms with Crippen LogP contribution >= 0.6 is 27.5 Å². The minimum absolute atomic E-state index is 0.0160. The van der Waals surface area contributed by atoms with E-state index in [1.165, 1.54) is 4.90 Å². The largest absolute Gasteiger partial charge is 0.343 e. The van der Waals surface area contributed by atoms with Crippen molar-refractivity contribution in [2.24, 2.45) is 0 Å². The number of anilines is 1. The highest BCUT2D eigenvalue weighted by molar-refractivity contribution is 9.10. The summed E-state index contributed by atoms with van der Waals surface area (Å²) < 4.78 is 0.622. The van der Waals surface area contributed by atoms with Crippen LogP contribution in [0, 0.1) is 0 Å². The summed E-state index contributed by atoms with van der Waals surface area (Å²) >= 11 is 9.29. The highest BCUT2D eigenvalue weighted by Gasteiger charge is 2.31. The van der Waals surface area contributed by atoms with E-state index in [9.17, 15) is 9.59 Å². The Bertz CT molecular complexity index is 492. The Hall–Kier alpha value is -1.07. The van der Waals surface area contributed by atoms with Crippen molar-refractivity contribution in [1.29, 1.82) is 0 Å². The first-order valence-electron chi connectivity index (χ1n) is 5.05. The highest BCUT2D eigenvalue weighted by atomic mass is 79.9. The van der Waals surface area contributed by atoms with Crippen molar-refractivity contribution in [3.63, 3.8) is 0 Å². The quantitative estimate of drug-likeness (QED) is 0.861. The lowest BCUT2D eigenvalue weighted by atomic mass is 10.2. The monoisotopic (exact) mass is 316 g/mol. The van der Waals surface area contributed by atoms with Gasteiger partial charge in [0.2, 0.25) is 11.8 Å². The van der Waals surface area contributed by atoms with Crippen LogP contribution in [-0.4, -0.2) is 24.4 Å². The van der Waals surface area contributed by atoms with Crippen molar-refractivity contribution in [1.82, 2.24) is 5.32 Å². The molecule has 0 radical (unpaired) electrons. The number of amides is 2. The maximum Gasteiger partial charge on any atom is 0.249 e. The van der Waals surface area contributed by atoms with E-state index in [4.69, 9.17) is 11.6 Å². The van der Waals surface area contributed by atoms with Gasteiger partial charge in [-0.15, -0.1) is 0 Å². The number of hydrogen-bond acceptors (Lipinski definition) is 2. The van der Waals surface area contributed by atoms with E-state index in [-0.39, 0.29) is 18.4 Å². The van der Waals surface area contributed by atoms with E-state index in [0.717, 1.165) is 0 Å². The Kier molecular flexibility index (Phi) is 3.40. The molecule has 17 heavy (non-hydrogen) atoms. The molecule has 0 aliphatic carbocycles. The molecule has 1 unspecified atom stereocenters. The third-order valence-electron chi connectivity index (χ3n) is 2.54. The standard InChI is InChI=1S/C11H10BrClN2O2/c1-6-11(17)15(5-9(16)14-6)8-4-2-3-7(13)10(8)12/h2-4,6H,5H2,1H3,(H,14,16). The number of nitrogens with one attached hydrogen (secondary N) is 1. The molecule has 1 saturated heterocycles. The predicted octanol–water partition coefficient (Wildman–Crippen LogP) is 1.95. The summed E-state index contributed by atoms with van der Waals surface area (Å²) in [5.74, 6) is -0.323. The van der Waals surface area contributed by atoms with Gasteiger partial charge in [-0.2, -0.15) is 0 Å². The number of rotatable bonds is 1. The summed E-state index contributed by atoms with van der Waals surface area (Å²) in [6, 6.07) is 4.70. The Balaban J connectivity index is 2.41. The Morgan fingerprint density at radius 2 is 2.18 bits per heavy atom. The molecule has 1 aliphatic rings. The third kappa shape index (κ3) is 2.30. The fourth-order valence-corrected chi connectivity index (χ4v) is 2.36. The summed E-state index contributed by atoms with van der Waals surface area (Å²) in [5.41, 5.74) is 0.615. The first kappa shape index (κ1) is 12.4. The van der Waals surface area contributed by atoms with Crippen LogP contribution in [0.2, 0.25) is 5.02 Å². The molecule has 0 saturated carbocycles. The number of nitrogens with zero attached hydrogens (tertiary/aromatic N) is 1. The molecule has 1 aromatic rings. The average Bonchev–Trinajstić information content (AvgIpc) is 2.27. The topological polar surface area (TPSA) is 49.4 Å². The van der Waals surface area contributed by atoms with Gasteiger partial charge in [0, 0.05) is 0 Å². The van der Waals surface area contributed by atoms with Gasteiger partial charge >= 0.3 is 0 Å². The molecule has 90 valence electrons. The van der Waals surface area contributed by atoms with Gasteiger partial charge in [0.15, 0.2) is 0 Å². The molecule has 0 bridgehead atoms. The second-order valence-electron chi connectivity index (χ2n) is 3.79. The number of hydrogen-bond donors (Lipinski definition) is 1. The molecule has 1 N–H and O–H groups in total. The van der Waals surface area contributed by atoms with Crippen molar-refractivity contribution in [2.75, 3.05) is 11.4 Å². The first-order chi connectivity index (χ1) is 8.00. The van der Waals surface area contributed by atoms with Crippen LogP contribution in [0.1, 0.15) is 6.92 Å². The van der Waals surface area contributed by atoms with Crippen molar-refractivity contribution in [3.05, 3.63) is 27.7 Å². The summed E-state index contributed by atoms with van der Waals surface area (Å²) in [6.45, 7) is 1.67. The van der Waals surface area contributed by atoms with Crippen LogP contribution in [0.15, 0.2) is 22.7 Å². The fraction of sp³-hybridized carbons (Fsp3) is 0.273. The smallest absolute Gasteiger partial charge is 0.249 e. The first-order valence-corrected chi connectivity index (χ1v) is 6.22. The molecule has 4 nitrogen and oxygen atoms in total. The summed E-state index contributed by atoms with van der Waals surface area (Å²) in [5, 5.41) is 3.09. The lowest BCUT2D eigenvalue weighted by molar-refractivity contribution is -0.130. The molecule has 1 aromatic carbocycles. The summed E-state index contributed by atoms with van der Waals surface area (Å²) in [6.07, 6.45) is 0. The van der Waals surface area contributed by atoms with Gasteiger partial charge in [0.05, 0.1) is 15.2 Å². The molecule has 1 fully saturated rings. The lowest BCUT2D eigenvalue weighted by Gasteiger charge is -2.31. The van der Waals surface area contributed by atoms with E-state index in [0.29, 0.717) is 15.2 Å². The van der Waals surface area contributed by atoms with Crippen LogP contribution in [0.25, 0.3) is 0 Å². The van der Waals surface area contributed by atoms with Crippen molar-refractivity contribution < 1.29 is 9.59 Å². The zero-order chi connectivity index (χ0) is 12.6. The van der Waals surface area contributed by atoms with Crippen molar-refractivity contribution in [2.45, 2.75) is 13.0 Å². The number of piperazine rings is 1. The number of carbonyl (C=O) groups excluding carboxylic acids is 2. The second kappa shape index (κ2) is 4.66. The van der Waals surface area contributed by atoms with Crippen molar-refractivity contribution in [3.8, 4) is 0 Å². The number of benzene rings is 1. The molecule has 1 atom stereocenters. The molecule has 1 aliphatic heterocycles. The van der Waals surface area contributed by atoms with E-state index < -0.39 is 6.04 Å². The maximum atomic E-state index is 12.0. The maximum absolute atomic E-state index is 12.0. The molecule has 0 spiro atoms. The van der Waals surface area contributed by atoms with E-state index in [2.05, 4.69) is 21.2 Å². The number of carbonyl (C=O) groups is 2. The van der Waals surface area contributed by atoms with Crippen LogP contribution < -0.4 is 10.2 Å². The van der Waals surface area contributed by atoms with Crippen LogP contribution in [0.3, 0.4) is 0 Å². The SMILES string of the molecule is CC1NC(=O)CN(c2cccc(Cl)c2Br)C1=O. The minimum atomic E-state index is -0.512. The highest BCUT2D eigenvalue weighted by Crippen LogP contribution is 2.33. The van der Waals surface area contributed by atoms with Gasteiger partial charge < -0.3 is 10.2 Å². The van der Waals surface area contributed by atoms with Crippen LogP contribution in [0.5, 0.6) is 0 Å². The normalized spacial score (nSPS) is 20.4. The predicted molar refractivity (Wildman–Crippen MR) is 69.1 cm³/mol. The molecule has 2 rings (SSSR count). The van der Waals surface area contributed by atoms with Crippen molar-refractivity contribution >= 4 is 45.0 Å². The zero-order valence-corrected chi connectivity index (χ0v) is 11.4. The molecular formula is C11H10BrClN2O2. The van der Waals surface area contributed by atoms with Gasteiger partial charge in [-0.1, -0.05) is 17.7 Å². The number of halogens is 2. The second-order valence-corrected chi connectivity index (χ2v) is 4.99. The fourth-order valence-electron chi connectivity index (χ4n) is 1.71. The van der Waals surface area contributed by atoms with E-state index in [1.807, 2.05) is 0 Å². The molecule has 1 heterocycles. The van der Waals surface area contributed by atoms with Crippen LogP contribution in [-0.2, 0) is 9.59 Å². The van der Waals surface area contributed by atoms with E-state index >= 15 is 0 Å². The third-order valence-corrected chi connectivity index (χ3v) is 3.91. The van der Waals surface area contributed by atoms with E-state index in [1.54, 1.807) is 25.1 Å². The Morgan fingerprint density at radius 1 is 1.47 bits per heavy atom. The average molecular weight is 318 g/mol. The Morgan fingerprint density at radius 3 is 2.88 bits per heavy atom. The van der Waals surface area contributed by atoms with Crippen LogP contribution in [0.4, 0.5) is 5.69 Å². The Labute approximate surface area is 112 Å². The molecular weight excluding hydrogens is 307 g/mol. The zero-order valence-electron chi connectivity index (χ0n) is 9.04.